The third-order valence-electron chi connectivity index (χ3n) is 4.74. The normalized spacial score (nSPS) is 22.5. The van der Waals surface area contributed by atoms with Crippen LogP contribution in [0.1, 0.15) is 24.8 Å². The molecule has 2 aliphatic heterocycles. The van der Waals surface area contributed by atoms with Crippen LogP contribution in [0.15, 0.2) is 24.3 Å². The van der Waals surface area contributed by atoms with Gasteiger partial charge >= 0.3 is 6.18 Å². The van der Waals surface area contributed by atoms with Crippen molar-refractivity contribution in [3.63, 3.8) is 0 Å². The van der Waals surface area contributed by atoms with Crippen LogP contribution in [-0.2, 0) is 11.0 Å². The minimum Gasteiger partial charge on any atom is -0.368 e. The van der Waals surface area contributed by atoms with Gasteiger partial charge in [0.25, 0.3) is 0 Å². The highest BCUT2D eigenvalue weighted by Crippen LogP contribution is 2.31. The molecule has 1 atom stereocenters. The molecule has 2 aliphatic rings. The molecule has 4 nitrogen and oxygen atoms in total. The summed E-state index contributed by atoms with van der Waals surface area (Å²) in [6.07, 6.45) is -1.30. The Bertz CT molecular complexity index is 577. The summed E-state index contributed by atoms with van der Waals surface area (Å²) >= 11 is 0. The topological polar surface area (TPSA) is 35.6 Å². The second kappa shape index (κ2) is 7.01. The highest BCUT2D eigenvalue weighted by atomic mass is 19.4. The SMILES string of the molecule is O=C(C1CCCCN1)N1CCN(c2cccc(C(F)(F)F)c2)CC1. The Labute approximate surface area is 139 Å². The smallest absolute Gasteiger partial charge is 0.368 e. The Hall–Kier alpha value is -1.76. The minimum atomic E-state index is -4.33. The van der Waals surface area contributed by atoms with E-state index in [9.17, 15) is 18.0 Å². The number of hydrogen-bond donors (Lipinski definition) is 1. The molecule has 0 spiro atoms. The summed E-state index contributed by atoms with van der Waals surface area (Å²) in [5.74, 6) is 0.124. The van der Waals surface area contributed by atoms with Crippen molar-refractivity contribution in [2.24, 2.45) is 0 Å². The van der Waals surface area contributed by atoms with Crippen LogP contribution in [0.4, 0.5) is 18.9 Å². The predicted octanol–water partition coefficient (Wildman–Crippen LogP) is 2.50. The summed E-state index contributed by atoms with van der Waals surface area (Å²) < 4.78 is 38.5. The average molecular weight is 341 g/mol. The first-order valence-electron chi connectivity index (χ1n) is 8.39. The highest BCUT2D eigenvalue weighted by Gasteiger charge is 2.32. The van der Waals surface area contributed by atoms with Gasteiger partial charge in [-0.05, 0) is 37.6 Å². The molecule has 2 fully saturated rings. The van der Waals surface area contributed by atoms with Crippen LogP contribution in [0.3, 0.4) is 0 Å². The van der Waals surface area contributed by atoms with E-state index in [4.69, 9.17) is 0 Å². The van der Waals surface area contributed by atoms with Crippen LogP contribution in [0.25, 0.3) is 0 Å². The summed E-state index contributed by atoms with van der Waals surface area (Å²) in [4.78, 5) is 16.2. The fraction of sp³-hybridized carbons (Fsp3) is 0.588. The average Bonchev–Trinajstić information content (AvgIpc) is 2.61. The van der Waals surface area contributed by atoms with Gasteiger partial charge < -0.3 is 15.1 Å². The van der Waals surface area contributed by atoms with Gasteiger partial charge in [0.1, 0.15) is 0 Å². The van der Waals surface area contributed by atoms with Crippen molar-refractivity contribution in [1.82, 2.24) is 10.2 Å². The highest BCUT2D eigenvalue weighted by molar-refractivity contribution is 5.82. The lowest BCUT2D eigenvalue weighted by Gasteiger charge is -2.38. The molecule has 2 heterocycles. The molecule has 24 heavy (non-hydrogen) atoms. The van der Waals surface area contributed by atoms with Crippen molar-refractivity contribution in [1.29, 1.82) is 0 Å². The molecule has 3 rings (SSSR count). The van der Waals surface area contributed by atoms with E-state index >= 15 is 0 Å². The first kappa shape index (κ1) is 17.1. The van der Waals surface area contributed by atoms with Gasteiger partial charge in [-0.3, -0.25) is 4.79 Å². The molecule has 1 unspecified atom stereocenters. The van der Waals surface area contributed by atoms with Crippen molar-refractivity contribution in [3.05, 3.63) is 29.8 Å². The lowest BCUT2D eigenvalue weighted by molar-refractivity contribution is -0.137. The Kier molecular flexibility index (Phi) is 4.99. The van der Waals surface area contributed by atoms with Crippen molar-refractivity contribution in [3.8, 4) is 0 Å². The lowest BCUT2D eigenvalue weighted by Crippen LogP contribution is -2.55. The molecule has 7 heteroatoms. The summed E-state index contributed by atoms with van der Waals surface area (Å²) in [6, 6.07) is 5.29. The molecule has 0 saturated carbocycles. The predicted molar refractivity (Wildman–Crippen MR) is 85.9 cm³/mol. The number of piperazine rings is 1. The van der Waals surface area contributed by atoms with Crippen LogP contribution in [0.5, 0.6) is 0 Å². The van der Waals surface area contributed by atoms with Crippen LogP contribution >= 0.6 is 0 Å². The van der Waals surface area contributed by atoms with Crippen LogP contribution in [-0.4, -0.2) is 49.6 Å². The van der Waals surface area contributed by atoms with Gasteiger partial charge in [-0.2, -0.15) is 13.2 Å². The largest absolute Gasteiger partial charge is 0.416 e. The number of anilines is 1. The summed E-state index contributed by atoms with van der Waals surface area (Å²) in [5, 5.41) is 3.25. The van der Waals surface area contributed by atoms with Gasteiger partial charge in [-0.25, -0.2) is 0 Å². The second-order valence-electron chi connectivity index (χ2n) is 6.36. The van der Waals surface area contributed by atoms with E-state index in [1.165, 1.54) is 12.1 Å². The summed E-state index contributed by atoms with van der Waals surface area (Å²) in [5.41, 5.74) is -0.0716. The Morgan fingerprint density at radius 1 is 1.12 bits per heavy atom. The number of carbonyl (C=O) groups is 1. The Morgan fingerprint density at radius 2 is 1.88 bits per heavy atom. The molecular formula is C17H22F3N3O. The number of nitrogens with one attached hydrogen (secondary N) is 1. The first-order valence-corrected chi connectivity index (χ1v) is 8.39. The standard InChI is InChI=1S/C17H22F3N3O/c18-17(19,20)13-4-3-5-14(12-13)22-8-10-23(11-9-22)16(24)15-6-1-2-7-21-15/h3-5,12,15,21H,1-2,6-11H2. The van der Waals surface area contributed by atoms with Gasteiger partial charge in [-0.1, -0.05) is 12.5 Å². The van der Waals surface area contributed by atoms with E-state index in [0.29, 0.717) is 31.9 Å². The number of nitrogens with zero attached hydrogens (tertiary/aromatic N) is 2. The molecule has 1 aromatic rings. The molecule has 2 saturated heterocycles. The van der Waals surface area contributed by atoms with E-state index in [-0.39, 0.29) is 11.9 Å². The van der Waals surface area contributed by atoms with Crippen LogP contribution in [0.2, 0.25) is 0 Å². The monoisotopic (exact) mass is 341 g/mol. The molecule has 132 valence electrons. The van der Waals surface area contributed by atoms with Gasteiger partial charge in [0.2, 0.25) is 5.91 Å². The molecule has 1 N–H and O–H groups in total. The third-order valence-corrected chi connectivity index (χ3v) is 4.74. The van der Waals surface area contributed by atoms with Crippen molar-refractivity contribution in [2.45, 2.75) is 31.5 Å². The number of halogens is 3. The van der Waals surface area contributed by atoms with Crippen LogP contribution in [0, 0.1) is 0 Å². The molecule has 0 bridgehead atoms. The van der Waals surface area contributed by atoms with E-state index in [1.54, 1.807) is 6.07 Å². The second-order valence-corrected chi connectivity index (χ2v) is 6.36. The number of carbonyl (C=O) groups excluding carboxylic acids is 1. The van der Waals surface area contributed by atoms with Gasteiger partial charge in [0, 0.05) is 31.9 Å². The molecule has 1 amide bonds. The van der Waals surface area contributed by atoms with E-state index in [1.807, 2.05) is 9.80 Å². The zero-order chi connectivity index (χ0) is 17.2. The number of amides is 1. The van der Waals surface area contributed by atoms with E-state index in [0.717, 1.165) is 31.9 Å². The Morgan fingerprint density at radius 3 is 2.50 bits per heavy atom. The molecule has 0 aliphatic carbocycles. The first-order chi connectivity index (χ1) is 11.4. The zero-order valence-corrected chi connectivity index (χ0v) is 13.5. The molecule has 1 aromatic carbocycles. The van der Waals surface area contributed by atoms with Gasteiger partial charge in [0.05, 0.1) is 11.6 Å². The number of rotatable bonds is 2. The zero-order valence-electron chi connectivity index (χ0n) is 13.5. The number of alkyl halides is 3. The number of hydrogen-bond acceptors (Lipinski definition) is 3. The van der Waals surface area contributed by atoms with Gasteiger partial charge in [0.15, 0.2) is 0 Å². The van der Waals surface area contributed by atoms with E-state index in [2.05, 4.69) is 5.32 Å². The van der Waals surface area contributed by atoms with Crippen molar-refractivity contribution < 1.29 is 18.0 Å². The number of piperidine rings is 1. The van der Waals surface area contributed by atoms with Gasteiger partial charge in [-0.15, -0.1) is 0 Å². The van der Waals surface area contributed by atoms with Crippen LogP contribution < -0.4 is 10.2 Å². The number of benzene rings is 1. The maximum absolute atomic E-state index is 12.8. The molecular weight excluding hydrogens is 319 g/mol. The summed E-state index contributed by atoms with van der Waals surface area (Å²) in [7, 11) is 0. The molecule has 0 radical (unpaired) electrons. The summed E-state index contributed by atoms with van der Waals surface area (Å²) in [6.45, 7) is 3.08. The Balaban J connectivity index is 1.60. The van der Waals surface area contributed by atoms with Crippen molar-refractivity contribution >= 4 is 11.6 Å². The fourth-order valence-electron chi connectivity index (χ4n) is 3.35. The molecule has 0 aromatic heterocycles. The van der Waals surface area contributed by atoms with E-state index < -0.39 is 11.7 Å². The quantitative estimate of drug-likeness (QED) is 0.898. The van der Waals surface area contributed by atoms with Crippen molar-refractivity contribution in [2.75, 3.05) is 37.6 Å². The maximum Gasteiger partial charge on any atom is 0.416 e. The third kappa shape index (κ3) is 3.83. The maximum atomic E-state index is 12.8. The fourth-order valence-corrected chi connectivity index (χ4v) is 3.35. The lowest BCUT2D eigenvalue weighted by atomic mass is 10.0. The minimum absolute atomic E-state index is 0.0983.